The minimum absolute atomic E-state index is 0.0230. The molecule has 3 unspecified atom stereocenters. The smallest absolute Gasteiger partial charge is 0.0797 e. The average Bonchev–Trinajstić information content (AvgIpc) is 2.33. The molecule has 0 aromatic rings. The zero-order valence-electron chi connectivity index (χ0n) is 11.4. The third-order valence-corrected chi connectivity index (χ3v) is 4.64. The zero-order chi connectivity index (χ0) is 13.3. The summed E-state index contributed by atoms with van der Waals surface area (Å²) in [7, 11) is 0. The lowest BCUT2D eigenvalue weighted by atomic mass is 9.70. The van der Waals surface area contributed by atoms with Crippen molar-refractivity contribution in [3.8, 4) is 0 Å². The first-order valence-corrected chi connectivity index (χ1v) is 6.24. The van der Waals surface area contributed by atoms with Crippen LogP contribution in [-0.2, 0) is 0 Å². The molecule has 0 bridgehead atoms. The maximum absolute atomic E-state index is 10.5. The van der Waals surface area contributed by atoms with Crippen LogP contribution in [0.4, 0.5) is 0 Å². The second kappa shape index (κ2) is 4.82. The number of hydrogen-bond donors (Lipinski definition) is 1. The number of nitroso groups, excluding NO2 is 1. The summed E-state index contributed by atoms with van der Waals surface area (Å²) in [5, 5.41) is 18.3. The van der Waals surface area contributed by atoms with Gasteiger partial charge in [-0.2, -0.15) is 5.06 Å². The van der Waals surface area contributed by atoms with Crippen LogP contribution < -0.4 is 0 Å². The molecule has 1 aliphatic heterocycles. The van der Waals surface area contributed by atoms with Gasteiger partial charge in [-0.15, -0.1) is 10.0 Å². The Bertz CT molecular complexity index is 332. The summed E-state index contributed by atoms with van der Waals surface area (Å²) in [5.41, 5.74) is 0.0202. The van der Waals surface area contributed by atoms with Gasteiger partial charge < -0.3 is 5.21 Å². The van der Waals surface area contributed by atoms with E-state index in [9.17, 15) is 10.1 Å². The van der Waals surface area contributed by atoms with Crippen molar-refractivity contribution in [3.63, 3.8) is 0 Å². The molecule has 0 amide bonds. The summed E-state index contributed by atoms with van der Waals surface area (Å²) in [4.78, 5) is 10.4. The molecule has 0 spiro atoms. The Hall–Kier alpha value is -0.810. The van der Waals surface area contributed by atoms with E-state index in [1.54, 1.807) is 0 Å². The molecule has 0 aromatic carbocycles. The van der Waals surface area contributed by atoms with E-state index in [0.717, 1.165) is 18.6 Å². The summed E-state index contributed by atoms with van der Waals surface area (Å²) in [5.74, 6) is 0.0230. The largest absolute Gasteiger partial charge is 0.313 e. The van der Waals surface area contributed by atoms with Gasteiger partial charge in [0.15, 0.2) is 0 Å². The van der Waals surface area contributed by atoms with Crippen molar-refractivity contribution < 1.29 is 5.21 Å². The number of hydrogen-bond acceptors (Lipinski definition) is 4. The Morgan fingerprint density at radius 2 is 2.00 bits per heavy atom. The molecule has 1 heterocycles. The first-order valence-electron chi connectivity index (χ1n) is 6.24. The molecular weight excluding hydrogens is 218 g/mol. The zero-order valence-corrected chi connectivity index (χ0v) is 11.4. The lowest BCUT2D eigenvalue weighted by Crippen LogP contribution is -2.65. The molecule has 1 N–H and O–H groups in total. The van der Waals surface area contributed by atoms with Gasteiger partial charge >= 0.3 is 0 Å². The van der Waals surface area contributed by atoms with Crippen LogP contribution in [0.15, 0.2) is 10.4 Å². The number of piperidine rings is 1. The molecule has 1 saturated heterocycles. The Kier molecular flexibility index (Phi) is 4.04. The number of hydroxylamine groups is 2. The lowest BCUT2D eigenvalue weighted by Gasteiger charge is -2.54. The average molecular weight is 241 g/mol. The molecule has 1 fully saturated rings. The fourth-order valence-corrected chi connectivity index (χ4v) is 2.68. The Labute approximate surface area is 103 Å². The van der Waals surface area contributed by atoms with E-state index in [0.29, 0.717) is 6.42 Å². The molecule has 5 heteroatoms. The highest BCUT2D eigenvalue weighted by atomic mass is 16.5. The van der Waals surface area contributed by atoms with E-state index in [1.807, 2.05) is 34.6 Å². The quantitative estimate of drug-likeness (QED) is 0.609. The highest BCUT2D eigenvalue weighted by Gasteiger charge is 2.51. The van der Waals surface area contributed by atoms with Crippen LogP contribution in [0.1, 0.15) is 53.9 Å². The Morgan fingerprint density at radius 1 is 1.41 bits per heavy atom. The first kappa shape index (κ1) is 14.3. The Morgan fingerprint density at radius 3 is 2.41 bits per heavy atom. The standard InChI is InChI=1S/C12H23N3O2/c1-6-11(4)8-10(13-14-16)9(3)12(5,7-2)15(11)17/h9,17H,6-8H2,1-5H3/b13-10-. The van der Waals surface area contributed by atoms with Gasteiger partial charge in [-0.05, 0) is 26.7 Å². The van der Waals surface area contributed by atoms with E-state index in [4.69, 9.17) is 0 Å². The highest BCUT2D eigenvalue weighted by Crippen LogP contribution is 2.42. The van der Waals surface area contributed by atoms with Gasteiger partial charge in [0.2, 0.25) is 0 Å². The summed E-state index contributed by atoms with van der Waals surface area (Å²) in [6, 6.07) is 0. The van der Waals surface area contributed by atoms with Crippen molar-refractivity contribution in [3.05, 3.63) is 4.91 Å². The second-order valence-corrected chi connectivity index (χ2v) is 5.44. The van der Waals surface area contributed by atoms with Crippen molar-refractivity contribution in [1.29, 1.82) is 0 Å². The van der Waals surface area contributed by atoms with Crippen molar-refractivity contribution in [2.45, 2.75) is 65.0 Å². The first-order chi connectivity index (χ1) is 7.85. The third-order valence-electron chi connectivity index (χ3n) is 4.64. The molecule has 1 rings (SSSR count). The van der Waals surface area contributed by atoms with Crippen LogP contribution in [0, 0.1) is 10.8 Å². The van der Waals surface area contributed by atoms with Gasteiger partial charge in [0.25, 0.3) is 0 Å². The normalized spacial score (nSPS) is 41.8. The molecular formula is C12H23N3O2. The van der Waals surface area contributed by atoms with E-state index in [2.05, 4.69) is 10.4 Å². The van der Waals surface area contributed by atoms with Crippen LogP contribution in [0.5, 0.6) is 0 Å². The van der Waals surface area contributed by atoms with Gasteiger partial charge in [0, 0.05) is 17.9 Å². The highest BCUT2D eigenvalue weighted by molar-refractivity contribution is 5.89. The monoisotopic (exact) mass is 241 g/mol. The molecule has 3 atom stereocenters. The van der Waals surface area contributed by atoms with Crippen LogP contribution >= 0.6 is 0 Å². The fraction of sp³-hybridized carbons (Fsp3) is 0.917. The van der Waals surface area contributed by atoms with Crippen LogP contribution in [-0.4, -0.2) is 27.1 Å². The SMILES string of the molecule is CCC1(C)C/C(=N/N=O)C(C)C(C)(CC)N1O. The van der Waals surface area contributed by atoms with Gasteiger partial charge in [0.05, 0.1) is 16.5 Å². The van der Waals surface area contributed by atoms with E-state index < -0.39 is 5.54 Å². The maximum atomic E-state index is 10.5. The topological polar surface area (TPSA) is 65.3 Å². The molecule has 17 heavy (non-hydrogen) atoms. The Balaban J connectivity index is 3.22. The maximum Gasteiger partial charge on any atom is 0.0797 e. The van der Waals surface area contributed by atoms with Crippen LogP contribution in [0.2, 0.25) is 0 Å². The molecule has 98 valence electrons. The summed E-state index contributed by atoms with van der Waals surface area (Å²) < 4.78 is 0. The number of nitrogens with zero attached hydrogens (tertiary/aromatic N) is 3. The van der Waals surface area contributed by atoms with Crippen molar-refractivity contribution >= 4 is 5.71 Å². The minimum atomic E-state index is -0.396. The van der Waals surface area contributed by atoms with E-state index >= 15 is 0 Å². The molecule has 0 aliphatic carbocycles. The summed E-state index contributed by atoms with van der Waals surface area (Å²) in [6.45, 7) is 10.1. The summed E-state index contributed by atoms with van der Waals surface area (Å²) in [6.07, 6.45) is 2.17. The predicted octanol–water partition coefficient (Wildman–Crippen LogP) is 3.18. The van der Waals surface area contributed by atoms with E-state index in [-0.39, 0.29) is 11.5 Å². The predicted molar refractivity (Wildman–Crippen MR) is 68.0 cm³/mol. The van der Waals surface area contributed by atoms with Gasteiger partial charge in [-0.3, -0.25) is 0 Å². The van der Waals surface area contributed by atoms with E-state index in [1.165, 1.54) is 5.06 Å². The van der Waals surface area contributed by atoms with Crippen LogP contribution in [0.3, 0.4) is 0 Å². The van der Waals surface area contributed by atoms with Gasteiger partial charge in [-0.1, -0.05) is 20.8 Å². The van der Waals surface area contributed by atoms with Gasteiger partial charge in [0.1, 0.15) is 0 Å². The van der Waals surface area contributed by atoms with Gasteiger partial charge in [-0.25, -0.2) is 0 Å². The van der Waals surface area contributed by atoms with Crippen molar-refractivity contribution in [2.75, 3.05) is 0 Å². The fourth-order valence-electron chi connectivity index (χ4n) is 2.68. The van der Waals surface area contributed by atoms with Crippen molar-refractivity contribution in [2.24, 2.45) is 16.3 Å². The summed E-state index contributed by atoms with van der Waals surface area (Å²) >= 11 is 0. The molecule has 0 radical (unpaired) electrons. The van der Waals surface area contributed by atoms with Crippen molar-refractivity contribution in [1.82, 2.24) is 5.06 Å². The molecule has 1 aliphatic rings. The minimum Gasteiger partial charge on any atom is -0.313 e. The molecule has 5 nitrogen and oxygen atoms in total. The lowest BCUT2D eigenvalue weighted by molar-refractivity contribution is -0.249. The second-order valence-electron chi connectivity index (χ2n) is 5.44. The molecule has 0 saturated carbocycles. The van der Waals surface area contributed by atoms with Crippen LogP contribution in [0.25, 0.3) is 0 Å². The number of rotatable bonds is 3. The third kappa shape index (κ3) is 2.13. The molecule has 0 aromatic heterocycles.